The van der Waals surface area contributed by atoms with Crippen LogP contribution < -0.4 is 15.5 Å². The number of anilines is 2. The summed E-state index contributed by atoms with van der Waals surface area (Å²) >= 11 is 0. The normalized spacial score (nSPS) is 15.2. The van der Waals surface area contributed by atoms with Gasteiger partial charge in [0.25, 0.3) is 0 Å². The quantitative estimate of drug-likeness (QED) is 0.890. The van der Waals surface area contributed by atoms with Crippen LogP contribution in [0, 0.1) is 5.41 Å². The number of nitrogens with one attached hydrogen (secondary N) is 2. The Hall–Kier alpha value is -2.04. The van der Waals surface area contributed by atoms with E-state index in [-0.39, 0.29) is 17.4 Å². The lowest BCUT2D eigenvalue weighted by molar-refractivity contribution is -0.117. The number of urea groups is 1. The van der Waals surface area contributed by atoms with E-state index in [2.05, 4.69) is 10.6 Å². The highest BCUT2D eigenvalue weighted by molar-refractivity contribution is 5.96. The summed E-state index contributed by atoms with van der Waals surface area (Å²) < 4.78 is 0. The van der Waals surface area contributed by atoms with Crippen LogP contribution in [0.2, 0.25) is 0 Å². The molecule has 0 aromatic heterocycles. The largest absolute Gasteiger partial charge is 0.336 e. The highest BCUT2D eigenvalue weighted by Crippen LogP contribution is 2.23. The first-order valence-electron chi connectivity index (χ1n) is 6.80. The van der Waals surface area contributed by atoms with Crippen molar-refractivity contribution >= 4 is 23.3 Å². The molecule has 5 heteroatoms. The van der Waals surface area contributed by atoms with Crippen LogP contribution in [0.1, 0.15) is 27.2 Å². The maximum Gasteiger partial charge on any atom is 0.321 e. The summed E-state index contributed by atoms with van der Waals surface area (Å²) in [5.41, 5.74) is 1.47. The van der Waals surface area contributed by atoms with Crippen molar-refractivity contribution in [3.8, 4) is 0 Å². The van der Waals surface area contributed by atoms with Gasteiger partial charge in [-0.3, -0.25) is 9.69 Å². The van der Waals surface area contributed by atoms with E-state index >= 15 is 0 Å². The van der Waals surface area contributed by atoms with Crippen molar-refractivity contribution in [2.24, 2.45) is 5.41 Å². The molecule has 2 N–H and O–H groups in total. The van der Waals surface area contributed by atoms with Crippen LogP contribution in [0.15, 0.2) is 24.3 Å². The number of hydrogen-bond donors (Lipinski definition) is 2. The van der Waals surface area contributed by atoms with Crippen LogP contribution in [0.25, 0.3) is 0 Å². The molecule has 0 saturated carbocycles. The Morgan fingerprint density at radius 3 is 2.75 bits per heavy atom. The minimum atomic E-state index is -0.0943. The predicted octanol–water partition coefficient (Wildman–Crippen LogP) is 2.59. The fraction of sp³-hybridized carbons (Fsp3) is 0.467. The number of carbonyl (C=O) groups excluding carboxylic acids is 2. The lowest BCUT2D eigenvalue weighted by atomic mass is 9.92. The summed E-state index contributed by atoms with van der Waals surface area (Å²) in [6.45, 7) is 7.38. The topological polar surface area (TPSA) is 61.4 Å². The van der Waals surface area contributed by atoms with Crippen LogP contribution in [-0.4, -0.2) is 25.0 Å². The SMILES string of the molecule is CC(C)(C)CC(=O)Nc1cccc(N2CCNC2=O)c1. The van der Waals surface area contributed by atoms with Crippen LogP contribution >= 0.6 is 0 Å². The molecule has 1 fully saturated rings. The Kier molecular flexibility index (Phi) is 3.97. The monoisotopic (exact) mass is 275 g/mol. The molecule has 5 nitrogen and oxygen atoms in total. The molecule has 1 aliphatic heterocycles. The average Bonchev–Trinajstić information content (AvgIpc) is 2.73. The first-order valence-corrected chi connectivity index (χ1v) is 6.80. The van der Waals surface area contributed by atoms with Gasteiger partial charge in [0, 0.05) is 30.9 Å². The summed E-state index contributed by atoms with van der Waals surface area (Å²) in [5, 5.41) is 5.64. The van der Waals surface area contributed by atoms with Crippen molar-refractivity contribution in [2.45, 2.75) is 27.2 Å². The minimum absolute atomic E-state index is 0.0134. The molecule has 108 valence electrons. The molecule has 1 aromatic carbocycles. The summed E-state index contributed by atoms with van der Waals surface area (Å²) in [7, 11) is 0. The molecule has 1 aromatic rings. The number of hydrogen-bond acceptors (Lipinski definition) is 2. The van der Waals surface area contributed by atoms with Gasteiger partial charge >= 0.3 is 6.03 Å². The van der Waals surface area contributed by atoms with E-state index in [0.29, 0.717) is 19.5 Å². The standard InChI is InChI=1S/C15H21N3O2/c1-15(2,3)10-13(19)17-11-5-4-6-12(9-11)18-8-7-16-14(18)20/h4-6,9H,7-8,10H2,1-3H3,(H,16,20)(H,17,19). The lowest BCUT2D eigenvalue weighted by Gasteiger charge is -2.18. The second kappa shape index (κ2) is 5.53. The van der Waals surface area contributed by atoms with E-state index in [1.165, 1.54) is 0 Å². The molecule has 20 heavy (non-hydrogen) atoms. The third-order valence-corrected chi connectivity index (χ3v) is 2.99. The molecular weight excluding hydrogens is 254 g/mol. The van der Waals surface area contributed by atoms with Crippen molar-refractivity contribution < 1.29 is 9.59 Å². The summed E-state index contributed by atoms with van der Waals surface area (Å²) in [4.78, 5) is 25.2. The van der Waals surface area contributed by atoms with E-state index in [1.807, 2.05) is 45.0 Å². The van der Waals surface area contributed by atoms with Crippen LogP contribution in [0.5, 0.6) is 0 Å². The molecule has 0 unspecified atom stereocenters. The Morgan fingerprint density at radius 2 is 2.15 bits per heavy atom. The van der Waals surface area contributed by atoms with Crippen LogP contribution in [0.3, 0.4) is 0 Å². The van der Waals surface area contributed by atoms with Gasteiger partial charge in [-0.1, -0.05) is 26.8 Å². The second-order valence-corrected chi connectivity index (χ2v) is 6.22. The Morgan fingerprint density at radius 1 is 1.40 bits per heavy atom. The van der Waals surface area contributed by atoms with Crippen molar-refractivity contribution in [3.63, 3.8) is 0 Å². The van der Waals surface area contributed by atoms with Gasteiger partial charge < -0.3 is 10.6 Å². The molecule has 1 saturated heterocycles. The van der Waals surface area contributed by atoms with E-state index in [1.54, 1.807) is 4.90 Å². The smallest absolute Gasteiger partial charge is 0.321 e. The average molecular weight is 275 g/mol. The highest BCUT2D eigenvalue weighted by atomic mass is 16.2. The van der Waals surface area contributed by atoms with Gasteiger partial charge in [-0.25, -0.2) is 4.79 Å². The van der Waals surface area contributed by atoms with Crippen LogP contribution in [0.4, 0.5) is 16.2 Å². The van der Waals surface area contributed by atoms with Gasteiger partial charge in [-0.2, -0.15) is 0 Å². The van der Waals surface area contributed by atoms with E-state index in [4.69, 9.17) is 0 Å². The third-order valence-electron chi connectivity index (χ3n) is 2.99. The van der Waals surface area contributed by atoms with Gasteiger partial charge in [-0.05, 0) is 23.6 Å². The maximum absolute atomic E-state index is 11.9. The highest BCUT2D eigenvalue weighted by Gasteiger charge is 2.21. The maximum atomic E-state index is 11.9. The minimum Gasteiger partial charge on any atom is -0.336 e. The van der Waals surface area contributed by atoms with E-state index in [0.717, 1.165) is 11.4 Å². The molecule has 1 aliphatic rings. The molecule has 1 heterocycles. The van der Waals surface area contributed by atoms with Gasteiger partial charge in [-0.15, -0.1) is 0 Å². The van der Waals surface area contributed by atoms with Gasteiger partial charge in [0.2, 0.25) is 5.91 Å². The lowest BCUT2D eigenvalue weighted by Crippen LogP contribution is -2.27. The molecule has 0 aliphatic carbocycles. The van der Waals surface area contributed by atoms with E-state index < -0.39 is 0 Å². The van der Waals surface area contributed by atoms with E-state index in [9.17, 15) is 9.59 Å². The number of carbonyl (C=O) groups is 2. The zero-order chi connectivity index (χ0) is 14.8. The van der Waals surface area contributed by atoms with Gasteiger partial charge in [0.05, 0.1) is 0 Å². The Balaban J connectivity index is 2.06. The molecule has 0 spiro atoms. The fourth-order valence-electron chi connectivity index (χ4n) is 2.16. The first-order chi connectivity index (χ1) is 9.35. The first kappa shape index (κ1) is 14.4. The molecular formula is C15H21N3O2. The van der Waals surface area contributed by atoms with Gasteiger partial charge in [0.15, 0.2) is 0 Å². The molecule has 0 radical (unpaired) electrons. The van der Waals surface area contributed by atoms with Crippen molar-refractivity contribution in [1.82, 2.24) is 5.32 Å². The molecule has 0 atom stereocenters. The fourth-order valence-corrected chi connectivity index (χ4v) is 2.16. The second-order valence-electron chi connectivity index (χ2n) is 6.22. The van der Waals surface area contributed by atoms with Crippen molar-refractivity contribution in [2.75, 3.05) is 23.3 Å². The molecule has 0 bridgehead atoms. The number of rotatable bonds is 3. The number of nitrogens with zero attached hydrogens (tertiary/aromatic N) is 1. The predicted molar refractivity (Wildman–Crippen MR) is 79.9 cm³/mol. The van der Waals surface area contributed by atoms with Gasteiger partial charge in [0.1, 0.15) is 0 Å². The summed E-state index contributed by atoms with van der Waals surface area (Å²) in [5.74, 6) is -0.0134. The third kappa shape index (κ3) is 3.73. The Bertz CT molecular complexity index is 520. The summed E-state index contributed by atoms with van der Waals surface area (Å²) in [6, 6.07) is 7.27. The molecule has 2 rings (SSSR count). The zero-order valence-electron chi connectivity index (χ0n) is 12.2. The molecule has 3 amide bonds. The number of benzene rings is 1. The Labute approximate surface area is 119 Å². The van der Waals surface area contributed by atoms with Crippen molar-refractivity contribution in [3.05, 3.63) is 24.3 Å². The summed E-state index contributed by atoms with van der Waals surface area (Å²) in [6.07, 6.45) is 0.460. The number of amides is 3. The zero-order valence-corrected chi connectivity index (χ0v) is 12.2. The van der Waals surface area contributed by atoms with Crippen molar-refractivity contribution in [1.29, 1.82) is 0 Å². The van der Waals surface area contributed by atoms with Crippen LogP contribution in [-0.2, 0) is 4.79 Å².